The molecule has 0 spiro atoms. The minimum Gasteiger partial charge on any atom is -0.478 e. The number of benzene rings is 1. The topological polar surface area (TPSA) is 86.7 Å². The van der Waals surface area contributed by atoms with E-state index in [-0.39, 0.29) is 11.5 Å². The summed E-state index contributed by atoms with van der Waals surface area (Å²) >= 11 is 0. The van der Waals surface area contributed by atoms with Crippen LogP contribution < -0.4 is 5.43 Å². The van der Waals surface area contributed by atoms with Gasteiger partial charge in [0.2, 0.25) is 5.91 Å². The number of hydrogen-bond acceptors (Lipinski definition) is 3. The standard InChI is InChI=1S/C11H12N2O4/c1-7(14)12-13(2)10(15)8-3-5-9(6-4-8)11(16)17/h3-6H,1-2H3,(H,12,14)(H,16,17). The molecule has 1 aromatic rings. The number of carboxylic acids is 1. The molecule has 0 saturated carbocycles. The van der Waals surface area contributed by atoms with Crippen LogP contribution in [0.3, 0.4) is 0 Å². The van der Waals surface area contributed by atoms with Gasteiger partial charge in [-0.15, -0.1) is 0 Å². The van der Waals surface area contributed by atoms with Gasteiger partial charge in [0.1, 0.15) is 0 Å². The van der Waals surface area contributed by atoms with Crippen LogP contribution in [-0.4, -0.2) is 34.9 Å². The van der Waals surface area contributed by atoms with E-state index in [4.69, 9.17) is 5.11 Å². The second kappa shape index (κ2) is 5.11. The molecule has 2 amide bonds. The maximum Gasteiger partial charge on any atom is 0.335 e. The molecule has 0 bridgehead atoms. The fraction of sp³-hybridized carbons (Fsp3) is 0.182. The van der Waals surface area contributed by atoms with Crippen molar-refractivity contribution in [1.29, 1.82) is 0 Å². The van der Waals surface area contributed by atoms with Gasteiger partial charge in [-0.2, -0.15) is 0 Å². The van der Waals surface area contributed by atoms with Crippen LogP contribution in [0.4, 0.5) is 0 Å². The molecule has 0 radical (unpaired) electrons. The summed E-state index contributed by atoms with van der Waals surface area (Å²) in [6.07, 6.45) is 0. The van der Waals surface area contributed by atoms with Gasteiger partial charge in [0.15, 0.2) is 0 Å². The zero-order chi connectivity index (χ0) is 13.0. The predicted octanol–water partition coefficient (Wildman–Crippen LogP) is 0.508. The quantitative estimate of drug-likeness (QED) is 0.732. The second-order valence-electron chi connectivity index (χ2n) is 3.41. The number of hydrogen-bond donors (Lipinski definition) is 2. The molecule has 2 N–H and O–H groups in total. The Balaban J connectivity index is 2.82. The summed E-state index contributed by atoms with van der Waals surface area (Å²) in [6, 6.07) is 5.45. The number of hydrazine groups is 1. The van der Waals surface area contributed by atoms with Crippen LogP contribution in [0.5, 0.6) is 0 Å². The van der Waals surface area contributed by atoms with E-state index in [1.54, 1.807) is 0 Å². The molecule has 1 rings (SSSR count). The second-order valence-corrected chi connectivity index (χ2v) is 3.41. The maximum atomic E-state index is 11.7. The molecule has 0 aromatic heterocycles. The lowest BCUT2D eigenvalue weighted by Gasteiger charge is -2.16. The first-order valence-electron chi connectivity index (χ1n) is 4.80. The minimum atomic E-state index is -1.06. The Morgan fingerprint density at radius 1 is 1.12 bits per heavy atom. The molecule has 6 heteroatoms. The highest BCUT2D eigenvalue weighted by Gasteiger charge is 2.13. The van der Waals surface area contributed by atoms with E-state index in [9.17, 15) is 14.4 Å². The molecule has 0 unspecified atom stereocenters. The Morgan fingerprint density at radius 2 is 1.59 bits per heavy atom. The molecule has 17 heavy (non-hydrogen) atoms. The molecular weight excluding hydrogens is 224 g/mol. The summed E-state index contributed by atoms with van der Waals surface area (Å²) in [6.45, 7) is 1.29. The molecule has 1 aromatic carbocycles. The smallest absolute Gasteiger partial charge is 0.335 e. The molecule has 0 saturated heterocycles. The zero-order valence-electron chi connectivity index (χ0n) is 9.43. The lowest BCUT2D eigenvalue weighted by Crippen LogP contribution is -2.42. The number of rotatable bonds is 2. The summed E-state index contributed by atoms with van der Waals surface area (Å²) < 4.78 is 0. The largest absolute Gasteiger partial charge is 0.478 e. The highest BCUT2D eigenvalue weighted by Crippen LogP contribution is 2.06. The van der Waals surface area contributed by atoms with Crippen molar-refractivity contribution in [3.8, 4) is 0 Å². The Bertz CT molecular complexity index is 453. The third-order valence-corrected chi connectivity index (χ3v) is 2.01. The van der Waals surface area contributed by atoms with Gasteiger partial charge in [0, 0.05) is 19.5 Å². The lowest BCUT2D eigenvalue weighted by atomic mass is 10.1. The summed E-state index contributed by atoms with van der Waals surface area (Å²) in [4.78, 5) is 33.1. The van der Waals surface area contributed by atoms with E-state index in [1.807, 2.05) is 0 Å². The van der Waals surface area contributed by atoms with Gasteiger partial charge in [-0.05, 0) is 24.3 Å². The average Bonchev–Trinajstić information content (AvgIpc) is 2.27. The molecule has 90 valence electrons. The highest BCUT2D eigenvalue weighted by molar-refractivity contribution is 5.96. The molecule has 6 nitrogen and oxygen atoms in total. The monoisotopic (exact) mass is 236 g/mol. The van der Waals surface area contributed by atoms with Gasteiger partial charge < -0.3 is 5.11 Å². The highest BCUT2D eigenvalue weighted by atomic mass is 16.4. The fourth-order valence-corrected chi connectivity index (χ4v) is 1.24. The van der Waals surface area contributed by atoms with Crippen LogP contribution in [0.1, 0.15) is 27.6 Å². The number of nitrogens with one attached hydrogen (secondary N) is 1. The van der Waals surface area contributed by atoms with Gasteiger partial charge in [-0.25, -0.2) is 4.79 Å². The van der Waals surface area contributed by atoms with Crippen molar-refractivity contribution in [3.63, 3.8) is 0 Å². The summed E-state index contributed by atoms with van der Waals surface area (Å²) in [7, 11) is 1.41. The van der Waals surface area contributed by atoms with Crippen LogP contribution in [0.25, 0.3) is 0 Å². The molecular formula is C11H12N2O4. The van der Waals surface area contributed by atoms with Crippen molar-refractivity contribution in [3.05, 3.63) is 35.4 Å². The van der Waals surface area contributed by atoms with Gasteiger partial charge >= 0.3 is 5.97 Å². The Morgan fingerprint density at radius 3 is 2.00 bits per heavy atom. The third-order valence-electron chi connectivity index (χ3n) is 2.01. The van der Waals surface area contributed by atoms with E-state index in [2.05, 4.69) is 5.43 Å². The van der Waals surface area contributed by atoms with Gasteiger partial charge in [0.25, 0.3) is 5.91 Å². The van der Waals surface area contributed by atoms with Gasteiger partial charge in [0.05, 0.1) is 5.56 Å². The van der Waals surface area contributed by atoms with Crippen molar-refractivity contribution >= 4 is 17.8 Å². The van der Waals surface area contributed by atoms with Crippen molar-refractivity contribution in [2.45, 2.75) is 6.92 Å². The Hall–Kier alpha value is -2.37. The first-order chi connectivity index (χ1) is 7.91. The van der Waals surface area contributed by atoms with E-state index >= 15 is 0 Å². The molecule has 0 aliphatic rings. The fourth-order valence-electron chi connectivity index (χ4n) is 1.24. The summed E-state index contributed by atoms with van der Waals surface area (Å²) in [5, 5.41) is 9.73. The molecule has 0 heterocycles. The van der Waals surface area contributed by atoms with Crippen LogP contribution in [0.15, 0.2) is 24.3 Å². The summed E-state index contributed by atoms with van der Waals surface area (Å²) in [5.74, 6) is -1.83. The Kier molecular flexibility index (Phi) is 3.82. The van der Waals surface area contributed by atoms with Crippen LogP contribution in [0, 0.1) is 0 Å². The number of carbonyl (C=O) groups is 3. The van der Waals surface area contributed by atoms with Crippen LogP contribution in [0.2, 0.25) is 0 Å². The maximum absolute atomic E-state index is 11.7. The van der Waals surface area contributed by atoms with Gasteiger partial charge in [-0.3, -0.25) is 20.0 Å². The summed E-state index contributed by atoms with van der Waals surface area (Å²) in [5.41, 5.74) is 2.71. The van der Waals surface area contributed by atoms with E-state index in [0.717, 1.165) is 5.01 Å². The number of nitrogens with zero attached hydrogens (tertiary/aromatic N) is 1. The number of carboxylic acid groups (broad SMARTS) is 1. The van der Waals surface area contributed by atoms with E-state index in [1.165, 1.54) is 38.2 Å². The van der Waals surface area contributed by atoms with E-state index in [0.29, 0.717) is 5.56 Å². The Labute approximate surface area is 97.8 Å². The van der Waals surface area contributed by atoms with Crippen molar-refractivity contribution < 1.29 is 19.5 Å². The number of amides is 2. The molecule has 0 atom stereocenters. The van der Waals surface area contributed by atoms with Crippen LogP contribution in [-0.2, 0) is 4.79 Å². The molecule has 0 aliphatic carbocycles. The third kappa shape index (κ3) is 3.30. The average molecular weight is 236 g/mol. The lowest BCUT2D eigenvalue weighted by molar-refractivity contribution is -0.122. The van der Waals surface area contributed by atoms with Crippen molar-refractivity contribution in [2.75, 3.05) is 7.05 Å². The number of aromatic carboxylic acids is 1. The van der Waals surface area contributed by atoms with E-state index < -0.39 is 11.9 Å². The minimum absolute atomic E-state index is 0.101. The van der Waals surface area contributed by atoms with Gasteiger partial charge in [-0.1, -0.05) is 0 Å². The normalized spacial score (nSPS) is 9.53. The predicted molar refractivity (Wildman–Crippen MR) is 59.3 cm³/mol. The van der Waals surface area contributed by atoms with Crippen molar-refractivity contribution in [1.82, 2.24) is 10.4 Å². The van der Waals surface area contributed by atoms with Crippen molar-refractivity contribution in [2.24, 2.45) is 0 Å². The zero-order valence-corrected chi connectivity index (χ0v) is 9.43. The first kappa shape index (κ1) is 12.7. The molecule has 0 aliphatic heterocycles. The SMILES string of the molecule is CC(=O)NN(C)C(=O)c1ccc(C(=O)O)cc1. The first-order valence-corrected chi connectivity index (χ1v) is 4.80. The van der Waals surface area contributed by atoms with Crippen LogP contribution >= 0.6 is 0 Å². The number of carbonyl (C=O) groups excluding carboxylic acids is 2. The molecule has 0 fully saturated rings.